The van der Waals surface area contributed by atoms with Crippen molar-refractivity contribution in [2.75, 3.05) is 20.2 Å². The molecule has 1 aromatic carbocycles. The van der Waals surface area contributed by atoms with Crippen LogP contribution in [0.5, 0.6) is 0 Å². The summed E-state index contributed by atoms with van der Waals surface area (Å²) in [4.78, 5) is 31.2. The topological polar surface area (TPSA) is 95.5 Å². The number of alkyl halides is 3. The summed E-state index contributed by atoms with van der Waals surface area (Å²) >= 11 is 0. The second-order valence-corrected chi connectivity index (χ2v) is 7.23. The number of H-pyrrole nitrogens is 1. The summed E-state index contributed by atoms with van der Waals surface area (Å²) < 4.78 is 37.1. The van der Waals surface area contributed by atoms with E-state index in [2.05, 4.69) is 35.9 Å². The number of nitrogens with one attached hydrogen (secondary N) is 1. The number of aromatic amines is 1. The Bertz CT molecular complexity index is 895. The van der Waals surface area contributed by atoms with Crippen molar-refractivity contribution in [3.63, 3.8) is 0 Å². The minimum Gasteiger partial charge on any atom is -0.475 e. The fourth-order valence-corrected chi connectivity index (χ4v) is 3.22. The zero-order valence-electron chi connectivity index (χ0n) is 17.2. The van der Waals surface area contributed by atoms with E-state index in [1.165, 1.54) is 11.1 Å². The number of piperidine rings is 1. The number of hydrogen-bond donors (Lipinski definition) is 2. The van der Waals surface area contributed by atoms with Gasteiger partial charge in [0.05, 0.1) is 17.1 Å². The Hall–Kier alpha value is -2.62. The number of fused-ring (bicyclic) bond motifs is 1. The quantitative estimate of drug-likeness (QED) is 0.777. The van der Waals surface area contributed by atoms with E-state index in [4.69, 9.17) is 14.6 Å². The van der Waals surface area contributed by atoms with Gasteiger partial charge in [-0.1, -0.05) is 6.07 Å². The van der Waals surface area contributed by atoms with E-state index in [1.54, 1.807) is 7.11 Å². The molecule has 166 valence electrons. The van der Waals surface area contributed by atoms with Crippen molar-refractivity contribution < 1.29 is 32.6 Å². The van der Waals surface area contributed by atoms with Crippen molar-refractivity contribution in [1.29, 1.82) is 0 Å². The van der Waals surface area contributed by atoms with Crippen LogP contribution in [0.1, 0.15) is 36.2 Å². The Balaban J connectivity index is 0.000000396. The fourth-order valence-electron chi connectivity index (χ4n) is 3.22. The molecule has 2 heterocycles. The van der Waals surface area contributed by atoms with Crippen molar-refractivity contribution in [2.45, 2.75) is 51.8 Å². The van der Waals surface area contributed by atoms with Gasteiger partial charge in [-0.05, 0) is 43.9 Å². The number of amides is 1. The summed E-state index contributed by atoms with van der Waals surface area (Å²) in [6.45, 7) is 5.74. The molecule has 2 N–H and O–H groups in total. The van der Waals surface area contributed by atoms with Gasteiger partial charge in [0, 0.05) is 33.0 Å². The third-order valence-corrected chi connectivity index (χ3v) is 5.11. The number of aryl methyl sites for hydroxylation is 3. The maximum atomic E-state index is 12.4. The Morgan fingerprint density at radius 2 is 2.00 bits per heavy atom. The molecular formula is C20H26F3N3O4. The minimum atomic E-state index is -5.08. The summed E-state index contributed by atoms with van der Waals surface area (Å²) in [5.74, 6) is -1.67. The molecule has 10 heteroatoms. The van der Waals surface area contributed by atoms with Gasteiger partial charge in [-0.15, -0.1) is 0 Å². The third-order valence-electron chi connectivity index (χ3n) is 5.11. The van der Waals surface area contributed by atoms with Crippen LogP contribution in [-0.4, -0.2) is 64.3 Å². The van der Waals surface area contributed by atoms with Crippen LogP contribution in [-0.2, 0) is 20.7 Å². The number of carbonyl (C=O) groups is 2. The first-order valence-electron chi connectivity index (χ1n) is 9.58. The number of carboxylic acid groups (broad SMARTS) is 1. The number of aliphatic carboxylic acids is 1. The molecule has 7 nitrogen and oxygen atoms in total. The number of rotatable bonds is 4. The van der Waals surface area contributed by atoms with Crippen LogP contribution in [0.3, 0.4) is 0 Å². The molecular weight excluding hydrogens is 403 g/mol. The largest absolute Gasteiger partial charge is 0.490 e. The van der Waals surface area contributed by atoms with Gasteiger partial charge in [-0.2, -0.15) is 13.2 Å². The van der Waals surface area contributed by atoms with Crippen LogP contribution in [0, 0.1) is 13.8 Å². The van der Waals surface area contributed by atoms with Gasteiger partial charge in [0.1, 0.15) is 5.82 Å². The lowest BCUT2D eigenvalue weighted by atomic mass is 10.1. The van der Waals surface area contributed by atoms with Crippen LogP contribution in [0.2, 0.25) is 0 Å². The smallest absolute Gasteiger partial charge is 0.475 e. The highest BCUT2D eigenvalue weighted by Gasteiger charge is 2.38. The van der Waals surface area contributed by atoms with Crippen molar-refractivity contribution in [2.24, 2.45) is 0 Å². The normalized spacial score (nSPS) is 16.9. The van der Waals surface area contributed by atoms with Gasteiger partial charge in [0.25, 0.3) is 0 Å². The lowest BCUT2D eigenvalue weighted by molar-refractivity contribution is -0.192. The number of imidazole rings is 1. The standard InChI is InChI=1S/C18H25N3O2.C2HF3O2/c1-12-6-7-15-18(13(12)2)20-16(19-15)8-9-17(22)21-10-4-5-14(11-21)23-3;3-2(4,5)1(6)7/h6-7,14H,4-5,8-11H2,1-3H3,(H,19,20);(H,6,7). The van der Waals surface area contributed by atoms with Crippen molar-refractivity contribution in [1.82, 2.24) is 14.9 Å². The molecule has 1 amide bonds. The zero-order valence-corrected chi connectivity index (χ0v) is 17.2. The van der Waals surface area contributed by atoms with Crippen molar-refractivity contribution >= 4 is 22.9 Å². The second-order valence-electron chi connectivity index (χ2n) is 7.23. The molecule has 1 unspecified atom stereocenters. The Morgan fingerprint density at radius 3 is 2.60 bits per heavy atom. The van der Waals surface area contributed by atoms with E-state index in [0.717, 1.165) is 36.2 Å². The van der Waals surface area contributed by atoms with Crippen molar-refractivity contribution in [3.8, 4) is 0 Å². The first-order chi connectivity index (χ1) is 14.0. The van der Waals surface area contributed by atoms with E-state index in [0.29, 0.717) is 19.4 Å². The first kappa shape index (κ1) is 23.7. The van der Waals surface area contributed by atoms with E-state index < -0.39 is 12.1 Å². The predicted octanol–water partition coefficient (Wildman–Crippen LogP) is 3.38. The monoisotopic (exact) mass is 429 g/mol. The summed E-state index contributed by atoms with van der Waals surface area (Å²) in [6, 6.07) is 4.16. The van der Waals surface area contributed by atoms with Gasteiger partial charge >= 0.3 is 12.1 Å². The van der Waals surface area contributed by atoms with Gasteiger partial charge < -0.3 is 19.7 Å². The Kier molecular flexibility index (Phi) is 7.83. The molecule has 0 saturated carbocycles. The maximum absolute atomic E-state index is 12.4. The first-order valence-corrected chi connectivity index (χ1v) is 9.58. The molecule has 1 aliphatic heterocycles. The SMILES string of the molecule is COC1CCCN(C(=O)CCc2nc3c(C)c(C)ccc3[nH]2)C1.O=C(O)C(F)(F)F. The summed E-state index contributed by atoms with van der Waals surface area (Å²) in [6.07, 6.45) is -1.69. The molecule has 1 aliphatic rings. The summed E-state index contributed by atoms with van der Waals surface area (Å²) in [5.41, 5.74) is 4.51. The van der Waals surface area contributed by atoms with Crippen LogP contribution < -0.4 is 0 Å². The second kappa shape index (κ2) is 9.92. The molecule has 1 atom stereocenters. The van der Waals surface area contributed by atoms with Crippen molar-refractivity contribution in [3.05, 3.63) is 29.1 Å². The highest BCUT2D eigenvalue weighted by atomic mass is 19.4. The number of likely N-dealkylation sites (tertiary alicyclic amines) is 1. The van der Waals surface area contributed by atoms with Gasteiger partial charge in [0.15, 0.2) is 0 Å². The van der Waals surface area contributed by atoms with E-state index in [9.17, 15) is 18.0 Å². The van der Waals surface area contributed by atoms with Gasteiger partial charge in [-0.25, -0.2) is 9.78 Å². The summed E-state index contributed by atoms with van der Waals surface area (Å²) in [5, 5.41) is 7.12. The fraction of sp³-hybridized carbons (Fsp3) is 0.550. The van der Waals surface area contributed by atoms with Crippen LogP contribution in [0.25, 0.3) is 11.0 Å². The maximum Gasteiger partial charge on any atom is 0.490 e. The van der Waals surface area contributed by atoms with Gasteiger partial charge in [0.2, 0.25) is 5.91 Å². The number of hydrogen-bond acceptors (Lipinski definition) is 4. The molecule has 0 radical (unpaired) electrons. The van der Waals surface area contributed by atoms with E-state index in [-0.39, 0.29) is 12.0 Å². The molecule has 0 bridgehead atoms. The highest BCUT2D eigenvalue weighted by molar-refractivity contribution is 5.80. The Morgan fingerprint density at radius 1 is 1.33 bits per heavy atom. The van der Waals surface area contributed by atoms with Crippen LogP contribution in [0.15, 0.2) is 12.1 Å². The minimum absolute atomic E-state index is 0.185. The molecule has 1 aromatic heterocycles. The molecule has 2 aromatic rings. The number of halogens is 3. The number of aromatic nitrogens is 2. The number of ether oxygens (including phenoxy) is 1. The molecule has 30 heavy (non-hydrogen) atoms. The van der Waals surface area contributed by atoms with E-state index in [1.807, 2.05) is 4.90 Å². The zero-order chi connectivity index (χ0) is 22.5. The molecule has 0 aliphatic carbocycles. The average Bonchev–Trinajstić information content (AvgIpc) is 3.12. The lowest BCUT2D eigenvalue weighted by Crippen LogP contribution is -2.43. The predicted molar refractivity (Wildman–Crippen MR) is 104 cm³/mol. The number of carbonyl (C=O) groups excluding carboxylic acids is 1. The molecule has 0 spiro atoms. The molecule has 1 fully saturated rings. The lowest BCUT2D eigenvalue weighted by Gasteiger charge is -2.31. The number of carboxylic acids is 1. The molecule has 1 saturated heterocycles. The van der Waals surface area contributed by atoms with Crippen LogP contribution in [0.4, 0.5) is 13.2 Å². The number of nitrogens with zero attached hydrogens (tertiary/aromatic N) is 2. The third kappa shape index (κ3) is 6.19. The Labute approximate surface area is 172 Å². The molecule has 3 rings (SSSR count). The van der Waals surface area contributed by atoms with Crippen LogP contribution >= 0.6 is 0 Å². The number of benzene rings is 1. The highest BCUT2D eigenvalue weighted by Crippen LogP contribution is 2.20. The number of methoxy groups -OCH3 is 1. The average molecular weight is 429 g/mol. The summed E-state index contributed by atoms with van der Waals surface area (Å²) in [7, 11) is 1.72. The van der Waals surface area contributed by atoms with E-state index >= 15 is 0 Å². The van der Waals surface area contributed by atoms with Gasteiger partial charge in [-0.3, -0.25) is 4.79 Å².